The van der Waals surface area contributed by atoms with Crippen LogP contribution in [-0.4, -0.2) is 32.9 Å². The predicted octanol–water partition coefficient (Wildman–Crippen LogP) is 3.05. The lowest BCUT2D eigenvalue weighted by molar-refractivity contribution is 0.112. The maximum absolute atomic E-state index is 11.1. The van der Waals surface area contributed by atoms with Gasteiger partial charge in [0.25, 0.3) is 0 Å². The zero-order chi connectivity index (χ0) is 15.4. The number of hydrogen-bond donors (Lipinski definition) is 0. The summed E-state index contributed by atoms with van der Waals surface area (Å²) in [6.45, 7) is 2.89. The number of unbranched alkanes of at least 4 members (excludes halogenated alkanes) is 3. The summed E-state index contributed by atoms with van der Waals surface area (Å²) in [5.41, 5.74) is 1.77. The van der Waals surface area contributed by atoms with E-state index in [4.69, 9.17) is 4.74 Å². The number of ether oxygens (including phenoxy) is 1. The zero-order valence-electron chi connectivity index (χ0n) is 12.5. The molecule has 3 aromatic rings. The van der Waals surface area contributed by atoms with Crippen molar-refractivity contribution < 1.29 is 9.53 Å². The van der Waals surface area contributed by atoms with Gasteiger partial charge in [0.2, 0.25) is 0 Å². The van der Waals surface area contributed by atoms with Crippen molar-refractivity contribution in [3.8, 4) is 5.75 Å². The van der Waals surface area contributed by atoms with E-state index in [1.54, 1.807) is 10.6 Å². The summed E-state index contributed by atoms with van der Waals surface area (Å²) in [5.74, 6) is 0.791. The van der Waals surface area contributed by atoms with Crippen LogP contribution in [0, 0.1) is 0 Å². The minimum absolute atomic E-state index is 0.461. The highest BCUT2D eigenvalue weighted by atomic mass is 16.5. The molecule has 0 saturated heterocycles. The fraction of sp³-hybridized carbons (Fsp3) is 0.375. The number of hydrogen-bond acceptors (Lipinski definition) is 5. The van der Waals surface area contributed by atoms with Crippen LogP contribution in [-0.2, 0) is 0 Å². The van der Waals surface area contributed by atoms with Crippen molar-refractivity contribution in [2.75, 3.05) is 6.61 Å². The normalized spacial score (nSPS) is 11.1. The van der Waals surface area contributed by atoms with Crippen LogP contribution < -0.4 is 4.74 Å². The molecule has 2 heterocycles. The molecule has 6 nitrogen and oxygen atoms in total. The first-order chi connectivity index (χ1) is 10.8. The molecule has 0 fully saturated rings. The molecule has 2 aromatic heterocycles. The summed E-state index contributed by atoms with van der Waals surface area (Å²) >= 11 is 0. The van der Waals surface area contributed by atoms with E-state index in [0.29, 0.717) is 17.8 Å². The molecule has 0 atom stereocenters. The summed E-state index contributed by atoms with van der Waals surface area (Å²) in [6.07, 6.45) is 5.46. The summed E-state index contributed by atoms with van der Waals surface area (Å²) in [5, 5.41) is 12.4. The number of fused-ring (bicyclic) bond motifs is 3. The third-order valence-corrected chi connectivity index (χ3v) is 3.66. The van der Waals surface area contributed by atoms with Crippen molar-refractivity contribution >= 4 is 22.8 Å². The lowest BCUT2D eigenvalue weighted by atomic mass is 10.1. The lowest BCUT2D eigenvalue weighted by Crippen LogP contribution is -1.99. The summed E-state index contributed by atoms with van der Waals surface area (Å²) in [6, 6.07) is 7.53. The van der Waals surface area contributed by atoms with Gasteiger partial charge in [-0.25, -0.2) is 0 Å². The molecule has 0 bridgehead atoms. The number of benzene rings is 1. The molecule has 0 unspecified atom stereocenters. The molecule has 0 N–H and O–H groups in total. The number of nitrogens with zero attached hydrogens (tertiary/aromatic N) is 4. The van der Waals surface area contributed by atoms with E-state index in [9.17, 15) is 4.79 Å². The largest absolute Gasteiger partial charge is 0.494 e. The number of aromatic nitrogens is 4. The highest BCUT2D eigenvalue weighted by Gasteiger charge is 2.10. The van der Waals surface area contributed by atoms with E-state index in [1.807, 2.05) is 18.2 Å². The van der Waals surface area contributed by atoms with Gasteiger partial charge in [0.1, 0.15) is 5.75 Å². The molecule has 0 amide bonds. The smallest absolute Gasteiger partial charge is 0.190 e. The first-order valence-corrected chi connectivity index (χ1v) is 7.56. The minimum atomic E-state index is 0.461. The number of tetrazole rings is 1. The van der Waals surface area contributed by atoms with Crippen LogP contribution in [0.25, 0.3) is 16.6 Å². The maximum Gasteiger partial charge on any atom is 0.190 e. The van der Waals surface area contributed by atoms with Crippen LogP contribution in [0.1, 0.15) is 43.0 Å². The Kier molecular flexibility index (Phi) is 4.27. The number of carbonyl (C=O) groups is 1. The third-order valence-electron chi connectivity index (χ3n) is 3.66. The number of aldehydes is 1. The highest BCUT2D eigenvalue weighted by molar-refractivity contribution is 5.93. The van der Waals surface area contributed by atoms with Gasteiger partial charge in [-0.05, 0) is 35.0 Å². The van der Waals surface area contributed by atoms with Gasteiger partial charge in [-0.15, -0.1) is 5.10 Å². The van der Waals surface area contributed by atoms with Crippen LogP contribution in [0.3, 0.4) is 0 Å². The van der Waals surface area contributed by atoms with Crippen molar-refractivity contribution in [3.63, 3.8) is 0 Å². The fourth-order valence-corrected chi connectivity index (χ4v) is 2.49. The Bertz CT molecular complexity index is 797. The second-order valence-electron chi connectivity index (χ2n) is 5.26. The first kappa shape index (κ1) is 14.4. The molecule has 0 aliphatic carbocycles. The van der Waals surface area contributed by atoms with Crippen LogP contribution in [0.5, 0.6) is 5.75 Å². The van der Waals surface area contributed by atoms with Gasteiger partial charge in [-0.3, -0.25) is 4.79 Å². The molecule has 0 aliphatic rings. The second kappa shape index (κ2) is 6.51. The Balaban J connectivity index is 1.87. The summed E-state index contributed by atoms with van der Waals surface area (Å²) < 4.78 is 7.36. The number of carbonyl (C=O) groups excluding carboxylic acids is 1. The quantitative estimate of drug-likeness (QED) is 0.495. The van der Waals surface area contributed by atoms with Crippen molar-refractivity contribution in [3.05, 3.63) is 29.8 Å². The lowest BCUT2D eigenvalue weighted by Gasteiger charge is -2.08. The molecule has 1 aromatic carbocycles. The molecule has 0 radical (unpaired) electrons. The maximum atomic E-state index is 11.1. The summed E-state index contributed by atoms with van der Waals surface area (Å²) in [7, 11) is 0. The van der Waals surface area contributed by atoms with Crippen LogP contribution in [0.2, 0.25) is 0 Å². The topological polar surface area (TPSA) is 69.4 Å². The summed E-state index contributed by atoms with van der Waals surface area (Å²) in [4.78, 5) is 11.1. The Labute approximate surface area is 128 Å². The monoisotopic (exact) mass is 298 g/mol. The van der Waals surface area contributed by atoms with E-state index in [-0.39, 0.29) is 0 Å². The molecule has 6 heteroatoms. The molecule has 22 heavy (non-hydrogen) atoms. The highest BCUT2D eigenvalue weighted by Crippen LogP contribution is 2.23. The Morgan fingerprint density at radius 3 is 2.95 bits per heavy atom. The molecule has 114 valence electrons. The zero-order valence-corrected chi connectivity index (χ0v) is 12.5. The van der Waals surface area contributed by atoms with E-state index in [0.717, 1.165) is 29.4 Å². The standard InChI is InChI=1S/C16H18N4O2/c1-2-3-4-5-8-22-14-7-6-12-9-13(11-21)16-17-18-19-20(16)15(12)10-14/h6-7,9-11H,2-5,8H2,1H3. The van der Waals surface area contributed by atoms with Gasteiger partial charge >= 0.3 is 0 Å². The Morgan fingerprint density at radius 2 is 2.14 bits per heavy atom. The van der Waals surface area contributed by atoms with E-state index in [1.165, 1.54) is 19.3 Å². The number of rotatable bonds is 7. The Morgan fingerprint density at radius 1 is 1.23 bits per heavy atom. The van der Waals surface area contributed by atoms with E-state index >= 15 is 0 Å². The van der Waals surface area contributed by atoms with Crippen molar-refractivity contribution in [1.82, 2.24) is 20.0 Å². The third kappa shape index (κ3) is 2.77. The van der Waals surface area contributed by atoms with Crippen molar-refractivity contribution in [1.29, 1.82) is 0 Å². The molecule has 0 aliphatic heterocycles. The average Bonchev–Trinajstić information content (AvgIpc) is 3.04. The fourth-order valence-electron chi connectivity index (χ4n) is 2.49. The average molecular weight is 298 g/mol. The van der Waals surface area contributed by atoms with Gasteiger partial charge in [-0.2, -0.15) is 4.52 Å². The Hall–Kier alpha value is -2.50. The molecule has 3 rings (SSSR count). The van der Waals surface area contributed by atoms with E-state index in [2.05, 4.69) is 22.4 Å². The molecular weight excluding hydrogens is 280 g/mol. The molecule has 0 spiro atoms. The van der Waals surface area contributed by atoms with E-state index < -0.39 is 0 Å². The van der Waals surface area contributed by atoms with Crippen LogP contribution in [0.4, 0.5) is 0 Å². The van der Waals surface area contributed by atoms with Crippen molar-refractivity contribution in [2.45, 2.75) is 32.6 Å². The second-order valence-corrected chi connectivity index (χ2v) is 5.26. The van der Waals surface area contributed by atoms with Crippen LogP contribution >= 0.6 is 0 Å². The van der Waals surface area contributed by atoms with Gasteiger partial charge in [0, 0.05) is 11.5 Å². The SMILES string of the molecule is CCCCCCOc1ccc2cc(C=O)c3nnnn3c2c1. The van der Waals surface area contributed by atoms with Gasteiger partial charge < -0.3 is 4.74 Å². The van der Waals surface area contributed by atoms with Gasteiger partial charge in [0.15, 0.2) is 11.9 Å². The minimum Gasteiger partial charge on any atom is -0.494 e. The van der Waals surface area contributed by atoms with Gasteiger partial charge in [0.05, 0.1) is 17.7 Å². The molecular formula is C16H18N4O2. The first-order valence-electron chi connectivity index (χ1n) is 7.56. The predicted molar refractivity (Wildman–Crippen MR) is 83.3 cm³/mol. The van der Waals surface area contributed by atoms with Crippen LogP contribution in [0.15, 0.2) is 24.3 Å². The molecule has 0 saturated carbocycles. The van der Waals surface area contributed by atoms with Gasteiger partial charge in [-0.1, -0.05) is 26.2 Å². The number of pyridine rings is 1. The van der Waals surface area contributed by atoms with Crippen molar-refractivity contribution in [2.24, 2.45) is 0 Å².